The fourth-order valence-corrected chi connectivity index (χ4v) is 6.16. The molecule has 4 nitrogen and oxygen atoms in total. The number of carboxylic acids is 1. The fraction of sp³-hybridized carbons (Fsp3) is 0.975. The van der Waals surface area contributed by atoms with Gasteiger partial charge in [0.1, 0.15) is 0 Å². The molecule has 0 fully saturated rings. The molecule has 0 heterocycles. The lowest BCUT2D eigenvalue weighted by Crippen LogP contribution is -3.00. The zero-order chi connectivity index (χ0) is 33.8. The molecule has 0 aromatic heterocycles. The molecule has 45 heavy (non-hydrogen) atoms. The van der Waals surface area contributed by atoms with Crippen molar-refractivity contribution in [3.63, 3.8) is 0 Å². The van der Waals surface area contributed by atoms with Crippen molar-refractivity contribution >= 4 is 5.97 Å². The van der Waals surface area contributed by atoms with E-state index in [1.165, 1.54) is 177 Å². The summed E-state index contributed by atoms with van der Waals surface area (Å²) < 4.78 is 2.84. The summed E-state index contributed by atoms with van der Waals surface area (Å²) in [6, 6.07) is 0. The summed E-state index contributed by atoms with van der Waals surface area (Å²) in [7, 11) is 0. The van der Waals surface area contributed by atoms with Gasteiger partial charge in [0.25, 0.3) is 0 Å². The molecule has 5 heteroatoms. The lowest BCUT2D eigenvalue weighted by molar-refractivity contribution is -0.929. The van der Waals surface area contributed by atoms with Crippen LogP contribution in [0, 0.1) is 0 Å². The summed E-state index contributed by atoms with van der Waals surface area (Å²) in [5.74, 6) is -0.920. The van der Waals surface area contributed by atoms with Gasteiger partial charge >= 0.3 is 0 Å². The van der Waals surface area contributed by atoms with Crippen LogP contribution >= 0.6 is 0 Å². The van der Waals surface area contributed by atoms with Crippen molar-refractivity contribution < 1.29 is 31.3 Å². The SMILES string of the molecule is CCCCCCCC(=O)[O-].CCCC[N+](CCCC)(CCCC)CCCC.CCCC[N+](CCCC)(CCCC)CCCC.[Cl-]. The Hall–Kier alpha value is -0.320. The predicted molar refractivity (Wildman–Crippen MR) is 197 cm³/mol. The monoisotopic (exact) mass is 663 g/mol. The fourth-order valence-electron chi connectivity index (χ4n) is 6.16. The van der Waals surface area contributed by atoms with Crippen molar-refractivity contribution in [1.82, 2.24) is 0 Å². The Bertz CT molecular complexity index is 447. The molecule has 0 atom stereocenters. The first-order valence-corrected chi connectivity index (χ1v) is 20.2. The number of carboxylic acid groups (broad SMARTS) is 1. The molecule has 0 bridgehead atoms. The summed E-state index contributed by atoms with van der Waals surface area (Å²) in [6.45, 7) is 32.2. The van der Waals surface area contributed by atoms with E-state index >= 15 is 0 Å². The predicted octanol–water partition coefficient (Wildman–Crippen LogP) is 8.11. The molecule has 0 aromatic carbocycles. The number of hydrogen-bond donors (Lipinski definition) is 0. The molecule has 0 unspecified atom stereocenters. The topological polar surface area (TPSA) is 40.1 Å². The maximum absolute atomic E-state index is 9.92. The number of nitrogens with zero attached hydrogens (tertiary/aromatic N) is 2. The number of hydrogen-bond acceptors (Lipinski definition) is 2. The number of carbonyl (C=O) groups is 1. The molecule has 0 rings (SSSR count). The molecular formula is C40H87ClN2O2. The Morgan fingerprint density at radius 2 is 0.556 bits per heavy atom. The minimum Gasteiger partial charge on any atom is -1.00 e. The van der Waals surface area contributed by atoms with Crippen molar-refractivity contribution in [2.75, 3.05) is 52.4 Å². The highest BCUT2D eigenvalue weighted by Crippen LogP contribution is 2.17. The minimum atomic E-state index is -0.920. The third kappa shape index (κ3) is 34.8. The van der Waals surface area contributed by atoms with Crippen LogP contribution in [0.2, 0.25) is 0 Å². The van der Waals surface area contributed by atoms with E-state index in [1.807, 2.05) is 0 Å². The average Bonchev–Trinajstić information content (AvgIpc) is 3.03. The maximum atomic E-state index is 9.92. The molecule has 0 amide bonds. The van der Waals surface area contributed by atoms with Crippen LogP contribution in [0.25, 0.3) is 0 Å². The van der Waals surface area contributed by atoms with E-state index in [2.05, 4.69) is 62.3 Å². The van der Waals surface area contributed by atoms with Crippen LogP contribution in [0.4, 0.5) is 0 Å². The number of aliphatic carboxylic acids is 1. The third-order valence-electron chi connectivity index (χ3n) is 9.37. The molecule has 0 aromatic rings. The summed E-state index contributed by atoms with van der Waals surface area (Å²) in [4.78, 5) is 9.92. The molecule has 0 spiro atoms. The summed E-state index contributed by atoms with van der Waals surface area (Å²) >= 11 is 0. The van der Waals surface area contributed by atoms with E-state index in [1.54, 1.807) is 0 Å². The largest absolute Gasteiger partial charge is 1.00 e. The lowest BCUT2D eigenvalue weighted by atomic mass is 10.1. The van der Waals surface area contributed by atoms with Gasteiger partial charge in [0.05, 0.1) is 52.4 Å². The van der Waals surface area contributed by atoms with Crippen LogP contribution in [0.1, 0.15) is 204 Å². The van der Waals surface area contributed by atoms with E-state index in [9.17, 15) is 9.90 Å². The number of halogens is 1. The van der Waals surface area contributed by atoms with E-state index in [-0.39, 0.29) is 18.8 Å². The summed E-state index contributed by atoms with van der Waals surface area (Å²) in [5, 5.41) is 9.92. The Balaban J connectivity index is -0.000000287. The normalized spacial score (nSPS) is 11.2. The Morgan fingerprint density at radius 1 is 0.356 bits per heavy atom. The second kappa shape index (κ2) is 39.9. The maximum Gasteiger partial charge on any atom is 0.0786 e. The second-order valence-electron chi connectivity index (χ2n) is 13.8. The molecule has 0 aliphatic carbocycles. The summed E-state index contributed by atoms with van der Waals surface area (Å²) in [6.07, 6.45) is 27.7. The minimum absolute atomic E-state index is 0. The number of quaternary nitrogens is 2. The molecule has 0 aliphatic rings. The van der Waals surface area contributed by atoms with Crippen LogP contribution in [0.3, 0.4) is 0 Å². The van der Waals surface area contributed by atoms with Gasteiger partial charge < -0.3 is 31.3 Å². The lowest BCUT2D eigenvalue weighted by Gasteiger charge is -2.39. The average molecular weight is 664 g/mol. The van der Waals surface area contributed by atoms with Crippen molar-refractivity contribution in [2.45, 2.75) is 204 Å². The van der Waals surface area contributed by atoms with E-state index in [0.717, 1.165) is 19.3 Å². The Morgan fingerprint density at radius 3 is 0.733 bits per heavy atom. The third-order valence-corrected chi connectivity index (χ3v) is 9.37. The molecule has 0 N–H and O–H groups in total. The Labute approximate surface area is 292 Å². The van der Waals surface area contributed by atoms with Gasteiger partial charge in [-0.1, -0.05) is 139 Å². The van der Waals surface area contributed by atoms with Crippen LogP contribution < -0.4 is 17.5 Å². The van der Waals surface area contributed by atoms with Gasteiger partial charge in [-0.15, -0.1) is 0 Å². The van der Waals surface area contributed by atoms with Gasteiger partial charge in [0.15, 0.2) is 0 Å². The zero-order valence-corrected chi connectivity index (χ0v) is 33.6. The van der Waals surface area contributed by atoms with E-state index in [4.69, 9.17) is 0 Å². The number of unbranched alkanes of at least 4 members (excludes halogenated alkanes) is 12. The van der Waals surface area contributed by atoms with Crippen molar-refractivity contribution in [3.8, 4) is 0 Å². The highest BCUT2D eigenvalue weighted by atomic mass is 35.5. The first-order chi connectivity index (χ1) is 21.3. The van der Waals surface area contributed by atoms with Gasteiger partial charge in [-0.2, -0.15) is 0 Å². The van der Waals surface area contributed by atoms with E-state index < -0.39 is 5.97 Å². The van der Waals surface area contributed by atoms with Gasteiger partial charge in [0.2, 0.25) is 0 Å². The van der Waals surface area contributed by atoms with Crippen LogP contribution in [-0.4, -0.2) is 67.3 Å². The van der Waals surface area contributed by atoms with Crippen molar-refractivity contribution in [3.05, 3.63) is 0 Å². The van der Waals surface area contributed by atoms with Crippen LogP contribution in [0.15, 0.2) is 0 Å². The van der Waals surface area contributed by atoms with Gasteiger partial charge in [-0.3, -0.25) is 0 Å². The van der Waals surface area contributed by atoms with E-state index in [0.29, 0.717) is 0 Å². The first-order valence-electron chi connectivity index (χ1n) is 20.2. The van der Waals surface area contributed by atoms with Gasteiger partial charge in [-0.05, 0) is 64.2 Å². The molecule has 0 saturated carbocycles. The van der Waals surface area contributed by atoms with Crippen molar-refractivity contribution in [1.29, 1.82) is 0 Å². The van der Waals surface area contributed by atoms with Gasteiger partial charge in [0, 0.05) is 5.97 Å². The highest BCUT2D eigenvalue weighted by Gasteiger charge is 2.25. The number of rotatable bonds is 30. The van der Waals surface area contributed by atoms with Gasteiger partial charge in [-0.25, -0.2) is 0 Å². The molecule has 0 saturated heterocycles. The van der Waals surface area contributed by atoms with Crippen molar-refractivity contribution in [2.24, 2.45) is 0 Å². The second-order valence-corrected chi connectivity index (χ2v) is 13.8. The molecule has 276 valence electrons. The molecule has 0 aliphatic heterocycles. The summed E-state index contributed by atoms with van der Waals surface area (Å²) in [5.41, 5.74) is 0. The zero-order valence-electron chi connectivity index (χ0n) is 32.8. The number of carbonyl (C=O) groups excluding carboxylic acids is 1. The smallest absolute Gasteiger partial charge is 0.0786 e. The van der Waals surface area contributed by atoms with Crippen LogP contribution in [-0.2, 0) is 4.79 Å². The first kappa shape index (κ1) is 51.5. The highest BCUT2D eigenvalue weighted by molar-refractivity contribution is 5.64. The molecule has 0 radical (unpaired) electrons. The molecular weight excluding hydrogens is 576 g/mol. The quantitative estimate of drug-likeness (QED) is 0.0576. The van der Waals surface area contributed by atoms with Crippen LogP contribution in [0.5, 0.6) is 0 Å². The standard InChI is InChI=1S/2C16H36N.C8H16O2.ClH/c2*1-5-9-13-17(14-10-6-2,15-11-7-3)16-12-8-4;1-2-3-4-5-6-7-8(9)10;/h2*5-16H2,1-4H3;2-7H2,1H3,(H,9,10);1H/q2*+1;;/p-2. The Kier molecular flexibility index (Phi) is 45.6.